The molecule has 0 unspecified atom stereocenters. The maximum absolute atomic E-state index is 13.1. The fraction of sp³-hybridized carbons (Fsp3) is 0.529. The Morgan fingerprint density at radius 3 is 2.89 bits per heavy atom. The number of hydrogen-bond donors (Lipinski definition) is 1. The summed E-state index contributed by atoms with van der Waals surface area (Å²) in [4.78, 5) is 29.6. The average molecular weight is 373 g/mol. The molecule has 2 N–H and O–H groups in total. The Kier molecular flexibility index (Phi) is 4.56. The Hall–Kier alpha value is -2.88. The van der Waals surface area contributed by atoms with Gasteiger partial charge in [0.15, 0.2) is 0 Å². The van der Waals surface area contributed by atoms with E-state index in [1.54, 1.807) is 30.3 Å². The van der Waals surface area contributed by atoms with Gasteiger partial charge >= 0.3 is 0 Å². The third kappa shape index (κ3) is 3.39. The van der Waals surface area contributed by atoms with Gasteiger partial charge in [0.25, 0.3) is 5.91 Å². The van der Waals surface area contributed by atoms with E-state index in [0.717, 1.165) is 0 Å². The van der Waals surface area contributed by atoms with E-state index in [1.165, 1.54) is 0 Å². The number of carbonyl (C=O) groups excluding carboxylic acids is 1. The van der Waals surface area contributed by atoms with E-state index in [1.807, 2.05) is 11.9 Å². The molecule has 10 nitrogen and oxygen atoms in total. The Labute approximate surface area is 156 Å². The van der Waals surface area contributed by atoms with Gasteiger partial charge in [-0.2, -0.15) is 9.97 Å². The van der Waals surface area contributed by atoms with Crippen LogP contribution in [0.25, 0.3) is 0 Å². The SMILES string of the molecule is COc1cc(N2C[C@@H]3COC[C@H](C2)N(C(=O)c2cncn2C)C3)nc(N)n1. The second kappa shape index (κ2) is 7.03. The molecule has 0 spiro atoms. The highest BCUT2D eigenvalue weighted by atomic mass is 16.5. The number of hydrogen-bond acceptors (Lipinski definition) is 8. The minimum atomic E-state index is -0.0953. The molecule has 2 bridgehead atoms. The fourth-order valence-corrected chi connectivity index (χ4v) is 3.69. The van der Waals surface area contributed by atoms with Gasteiger partial charge in [-0.15, -0.1) is 0 Å². The van der Waals surface area contributed by atoms with Gasteiger partial charge in [-0.25, -0.2) is 4.98 Å². The second-order valence-corrected chi connectivity index (χ2v) is 6.94. The summed E-state index contributed by atoms with van der Waals surface area (Å²) in [5.74, 6) is 1.42. The first-order valence-electron chi connectivity index (χ1n) is 8.83. The normalized spacial score (nSPS) is 22.4. The van der Waals surface area contributed by atoms with Gasteiger partial charge in [0.05, 0.1) is 38.9 Å². The lowest BCUT2D eigenvalue weighted by molar-refractivity contribution is 0.0603. The second-order valence-electron chi connectivity index (χ2n) is 6.94. The number of amides is 1. The number of imidazole rings is 1. The number of rotatable bonds is 3. The van der Waals surface area contributed by atoms with Crippen molar-refractivity contribution in [2.45, 2.75) is 6.04 Å². The zero-order valence-corrected chi connectivity index (χ0v) is 15.4. The molecule has 4 rings (SSSR count). The van der Waals surface area contributed by atoms with Crippen LogP contribution in [0.4, 0.5) is 11.8 Å². The summed E-state index contributed by atoms with van der Waals surface area (Å²) in [6.45, 7) is 3.02. The Bertz CT molecular complexity index is 840. The summed E-state index contributed by atoms with van der Waals surface area (Å²) < 4.78 is 12.8. The predicted molar refractivity (Wildman–Crippen MR) is 97.6 cm³/mol. The van der Waals surface area contributed by atoms with Gasteiger partial charge < -0.3 is 29.6 Å². The molecule has 2 aromatic heterocycles. The molecule has 2 aliphatic rings. The van der Waals surface area contributed by atoms with Crippen LogP contribution in [-0.4, -0.2) is 76.3 Å². The number of nitrogens with two attached hydrogens (primary N) is 1. The lowest BCUT2D eigenvalue weighted by Gasteiger charge is -2.31. The van der Waals surface area contributed by atoms with Crippen molar-refractivity contribution in [2.75, 3.05) is 50.6 Å². The molecule has 2 atom stereocenters. The number of aromatic nitrogens is 4. The third-order valence-corrected chi connectivity index (χ3v) is 5.01. The average Bonchev–Trinajstić information content (AvgIpc) is 2.86. The van der Waals surface area contributed by atoms with Crippen molar-refractivity contribution in [3.05, 3.63) is 24.3 Å². The molecule has 2 fully saturated rings. The van der Waals surface area contributed by atoms with Crippen molar-refractivity contribution in [1.82, 2.24) is 24.4 Å². The van der Waals surface area contributed by atoms with Crippen LogP contribution in [0.1, 0.15) is 10.5 Å². The summed E-state index contributed by atoms with van der Waals surface area (Å²) in [5, 5.41) is 0. The van der Waals surface area contributed by atoms with Crippen molar-refractivity contribution in [3.63, 3.8) is 0 Å². The fourth-order valence-electron chi connectivity index (χ4n) is 3.69. The number of aryl methyl sites for hydroxylation is 1. The van der Waals surface area contributed by atoms with Crippen LogP contribution >= 0.6 is 0 Å². The highest BCUT2D eigenvalue weighted by Gasteiger charge is 2.37. The molecular formula is C17H23N7O3. The molecule has 2 saturated heterocycles. The van der Waals surface area contributed by atoms with Gasteiger partial charge in [0, 0.05) is 38.7 Å². The van der Waals surface area contributed by atoms with Crippen LogP contribution in [0.15, 0.2) is 18.6 Å². The number of nitrogen functional groups attached to an aromatic ring is 1. The highest BCUT2D eigenvalue weighted by Crippen LogP contribution is 2.26. The largest absolute Gasteiger partial charge is 0.481 e. The van der Waals surface area contributed by atoms with Crippen molar-refractivity contribution >= 4 is 17.7 Å². The van der Waals surface area contributed by atoms with Gasteiger partial charge in [-0.05, 0) is 0 Å². The lowest BCUT2D eigenvalue weighted by atomic mass is 10.1. The Morgan fingerprint density at radius 2 is 2.15 bits per heavy atom. The molecule has 144 valence electrons. The van der Waals surface area contributed by atoms with Crippen molar-refractivity contribution in [1.29, 1.82) is 0 Å². The predicted octanol–water partition coefficient (Wildman–Crippen LogP) is -0.222. The maximum atomic E-state index is 13.1. The summed E-state index contributed by atoms with van der Waals surface area (Å²) in [6, 6.07) is 1.67. The van der Waals surface area contributed by atoms with E-state index >= 15 is 0 Å². The first kappa shape index (κ1) is 17.5. The zero-order chi connectivity index (χ0) is 19.0. The van der Waals surface area contributed by atoms with Crippen molar-refractivity contribution in [3.8, 4) is 5.88 Å². The summed E-state index contributed by atoms with van der Waals surface area (Å²) >= 11 is 0. The zero-order valence-electron chi connectivity index (χ0n) is 15.4. The maximum Gasteiger partial charge on any atom is 0.272 e. The third-order valence-electron chi connectivity index (χ3n) is 5.01. The summed E-state index contributed by atoms with van der Waals surface area (Å²) in [5.41, 5.74) is 6.40. The van der Waals surface area contributed by atoms with Crippen molar-refractivity contribution in [2.24, 2.45) is 13.0 Å². The van der Waals surface area contributed by atoms with Gasteiger partial charge in [-0.1, -0.05) is 0 Å². The van der Waals surface area contributed by atoms with E-state index in [-0.39, 0.29) is 23.8 Å². The molecule has 10 heteroatoms. The molecule has 0 aliphatic carbocycles. The van der Waals surface area contributed by atoms with Gasteiger partial charge in [0.2, 0.25) is 11.8 Å². The molecule has 4 heterocycles. The Morgan fingerprint density at radius 1 is 1.30 bits per heavy atom. The summed E-state index contributed by atoms with van der Waals surface area (Å²) in [7, 11) is 3.37. The quantitative estimate of drug-likeness (QED) is 0.786. The van der Waals surface area contributed by atoms with E-state index in [2.05, 4.69) is 19.9 Å². The number of nitrogens with zero attached hydrogens (tertiary/aromatic N) is 6. The van der Waals surface area contributed by atoms with E-state index in [4.69, 9.17) is 15.2 Å². The minimum absolute atomic E-state index is 0.0304. The molecule has 27 heavy (non-hydrogen) atoms. The minimum Gasteiger partial charge on any atom is -0.481 e. The van der Waals surface area contributed by atoms with Crippen molar-refractivity contribution < 1.29 is 14.3 Å². The van der Waals surface area contributed by atoms with E-state index in [0.29, 0.717) is 50.2 Å². The number of anilines is 2. The molecule has 2 aromatic rings. The van der Waals surface area contributed by atoms with Gasteiger partial charge in [-0.3, -0.25) is 4.79 Å². The number of methoxy groups -OCH3 is 1. The van der Waals surface area contributed by atoms with Crippen LogP contribution < -0.4 is 15.4 Å². The van der Waals surface area contributed by atoms with E-state index < -0.39 is 0 Å². The van der Waals surface area contributed by atoms with E-state index in [9.17, 15) is 4.79 Å². The highest BCUT2D eigenvalue weighted by molar-refractivity contribution is 5.92. The van der Waals surface area contributed by atoms with Crippen LogP contribution in [0.2, 0.25) is 0 Å². The topological polar surface area (TPSA) is 112 Å². The molecule has 1 amide bonds. The molecule has 0 radical (unpaired) electrons. The van der Waals surface area contributed by atoms with Gasteiger partial charge in [0.1, 0.15) is 11.5 Å². The first-order chi connectivity index (χ1) is 13.0. The van der Waals surface area contributed by atoms with Crippen LogP contribution in [-0.2, 0) is 11.8 Å². The Balaban J connectivity index is 1.63. The number of fused-ring (bicyclic) bond motifs is 3. The molecule has 2 aliphatic heterocycles. The number of ether oxygens (including phenoxy) is 2. The van der Waals surface area contributed by atoms with Crippen LogP contribution in [0.5, 0.6) is 5.88 Å². The lowest BCUT2D eigenvalue weighted by Crippen LogP contribution is -2.47. The molecular weight excluding hydrogens is 350 g/mol. The standard InChI is InChI=1S/C17H23N7O3/c1-22-10-19-4-13(22)16(25)24-6-11-5-23(7-12(24)9-27-8-11)14-3-15(26-2)21-17(18)20-14/h3-4,10-12H,5-9H2,1-2H3,(H2,18,20,21)/t11-,12-/m0/s1. The summed E-state index contributed by atoms with van der Waals surface area (Å²) in [6.07, 6.45) is 3.24. The van der Waals surface area contributed by atoms with Crippen LogP contribution in [0, 0.1) is 5.92 Å². The first-order valence-corrected chi connectivity index (χ1v) is 8.83. The molecule has 0 aromatic carbocycles. The smallest absolute Gasteiger partial charge is 0.272 e. The monoisotopic (exact) mass is 373 g/mol. The molecule has 0 saturated carbocycles. The number of carbonyl (C=O) groups is 1. The van der Waals surface area contributed by atoms with Crippen LogP contribution in [0.3, 0.4) is 0 Å².